The van der Waals surface area contributed by atoms with Crippen molar-refractivity contribution >= 4 is 27.4 Å². The van der Waals surface area contributed by atoms with E-state index in [1.807, 2.05) is 18.5 Å². The van der Waals surface area contributed by atoms with Crippen molar-refractivity contribution in [3.63, 3.8) is 0 Å². The van der Waals surface area contributed by atoms with Crippen LogP contribution in [0.2, 0.25) is 0 Å². The maximum Gasteiger partial charge on any atom is 0.158 e. The quantitative estimate of drug-likeness (QED) is 0.910. The molecule has 1 atom stereocenters. The first kappa shape index (κ1) is 12.8. The van der Waals surface area contributed by atoms with E-state index in [2.05, 4.69) is 15.3 Å². The average molecular weight is 279 g/mol. The Morgan fingerprint density at radius 2 is 2.47 bits per heavy atom. The molecular weight excluding hydrogens is 262 g/mol. The highest BCUT2D eigenvalue weighted by atomic mass is 32.1. The Bertz CT molecular complexity index is 552. The van der Waals surface area contributed by atoms with Crippen molar-refractivity contribution in [1.29, 1.82) is 0 Å². The fourth-order valence-corrected chi connectivity index (χ4v) is 2.97. The molecule has 0 aromatic carbocycles. The number of hydrogen-bond donors (Lipinski definition) is 1. The summed E-state index contributed by atoms with van der Waals surface area (Å²) in [7, 11) is 1.87. The Hall–Kier alpha value is -1.24. The van der Waals surface area contributed by atoms with E-state index in [0.717, 1.165) is 48.1 Å². The fraction of sp³-hybridized carbons (Fsp3) is 0.538. The first-order chi connectivity index (χ1) is 9.36. The highest BCUT2D eigenvalue weighted by molar-refractivity contribution is 7.16. The molecule has 1 fully saturated rings. The molecule has 6 heteroatoms. The van der Waals surface area contributed by atoms with Crippen molar-refractivity contribution in [2.45, 2.75) is 13.0 Å². The molecule has 1 aliphatic rings. The topological polar surface area (TPSA) is 56.3 Å². The standard InChI is InChI=1S/C13H17N3O2S/c1-14-12-10-3-5-19-13(10)16-11(15-12)8-18-7-9-2-4-17-6-9/h3,5,9H,2,4,6-8H2,1H3,(H,14,15,16). The van der Waals surface area contributed by atoms with Crippen LogP contribution in [0.15, 0.2) is 11.4 Å². The molecule has 0 radical (unpaired) electrons. The predicted octanol–water partition coefficient (Wildman–Crippen LogP) is 2.29. The van der Waals surface area contributed by atoms with Gasteiger partial charge in [0.1, 0.15) is 17.3 Å². The van der Waals surface area contributed by atoms with Crippen LogP contribution in [0.5, 0.6) is 0 Å². The van der Waals surface area contributed by atoms with Crippen LogP contribution in [0, 0.1) is 5.92 Å². The summed E-state index contributed by atoms with van der Waals surface area (Å²) in [5.74, 6) is 2.13. The van der Waals surface area contributed by atoms with Gasteiger partial charge in [-0.3, -0.25) is 0 Å². The molecular formula is C13H17N3O2S. The molecule has 0 saturated carbocycles. The van der Waals surface area contributed by atoms with Gasteiger partial charge in [0, 0.05) is 19.6 Å². The second kappa shape index (κ2) is 5.81. The van der Waals surface area contributed by atoms with E-state index < -0.39 is 0 Å². The highest BCUT2D eigenvalue weighted by Crippen LogP contribution is 2.24. The Morgan fingerprint density at radius 3 is 3.26 bits per heavy atom. The molecule has 0 spiro atoms. The normalized spacial score (nSPS) is 19.1. The second-order valence-electron chi connectivity index (χ2n) is 4.62. The summed E-state index contributed by atoms with van der Waals surface area (Å²) in [6, 6.07) is 2.03. The lowest BCUT2D eigenvalue weighted by Crippen LogP contribution is -2.10. The average Bonchev–Trinajstić information content (AvgIpc) is 3.08. The first-order valence-electron chi connectivity index (χ1n) is 6.44. The van der Waals surface area contributed by atoms with Crippen molar-refractivity contribution in [1.82, 2.24) is 9.97 Å². The summed E-state index contributed by atoms with van der Waals surface area (Å²) in [5, 5.41) is 6.21. The maximum absolute atomic E-state index is 5.70. The highest BCUT2D eigenvalue weighted by Gasteiger charge is 2.16. The van der Waals surface area contributed by atoms with Gasteiger partial charge >= 0.3 is 0 Å². The molecule has 1 saturated heterocycles. The van der Waals surface area contributed by atoms with Crippen LogP contribution in [-0.2, 0) is 16.1 Å². The number of rotatable bonds is 5. The predicted molar refractivity (Wildman–Crippen MR) is 75.5 cm³/mol. The summed E-state index contributed by atoms with van der Waals surface area (Å²) in [6.07, 6.45) is 1.09. The van der Waals surface area contributed by atoms with Crippen LogP contribution in [0.4, 0.5) is 5.82 Å². The Kier molecular flexibility index (Phi) is 3.91. The van der Waals surface area contributed by atoms with Gasteiger partial charge in [0.25, 0.3) is 0 Å². The molecule has 1 unspecified atom stereocenters. The summed E-state index contributed by atoms with van der Waals surface area (Å²) in [5.41, 5.74) is 0. The minimum Gasteiger partial charge on any atom is -0.381 e. The van der Waals surface area contributed by atoms with Crippen molar-refractivity contribution in [3.05, 3.63) is 17.3 Å². The molecule has 0 amide bonds. The summed E-state index contributed by atoms with van der Waals surface area (Å²) in [6.45, 7) is 2.85. The molecule has 2 aromatic heterocycles. The zero-order valence-electron chi connectivity index (χ0n) is 10.9. The maximum atomic E-state index is 5.70. The van der Waals surface area contributed by atoms with E-state index in [-0.39, 0.29) is 0 Å². The molecule has 5 nitrogen and oxygen atoms in total. The monoisotopic (exact) mass is 279 g/mol. The van der Waals surface area contributed by atoms with Gasteiger partial charge < -0.3 is 14.8 Å². The number of nitrogens with one attached hydrogen (secondary N) is 1. The van der Waals surface area contributed by atoms with Gasteiger partial charge in [-0.1, -0.05) is 0 Å². The van der Waals surface area contributed by atoms with Gasteiger partial charge in [0.05, 0.1) is 18.6 Å². The molecule has 102 valence electrons. The molecule has 19 heavy (non-hydrogen) atoms. The van der Waals surface area contributed by atoms with Gasteiger partial charge in [-0.15, -0.1) is 11.3 Å². The molecule has 1 aliphatic heterocycles. The van der Waals surface area contributed by atoms with Gasteiger partial charge in [0.15, 0.2) is 5.82 Å². The van der Waals surface area contributed by atoms with E-state index in [1.165, 1.54) is 0 Å². The minimum absolute atomic E-state index is 0.457. The summed E-state index contributed by atoms with van der Waals surface area (Å²) in [4.78, 5) is 10.0. The summed E-state index contributed by atoms with van der Waals surface area (Å²) >= 11 is 1.62. The lowest BCUT2D eigenvalue weighted by Gasteiger charge is -2.09. The number of aromatic nitrogens is 2. The van der Waals surface area contributed by atoms with Crippen molar-refractivity contribution in [3.8, 4) is 0 Å². The van der Waals surface area contributed by atoms with Crippen molar-refractivity contribution in [2.24, 2.45) is 5.92 Å². The Morgan fingerprint density at radius 1 is 1.53 bits per heavy atom. The van der Waals surface area contributed by atoms with Gasteiger partial charge in [0.2, 0.25) is 0 Å². The van der Waals surface area contributed by atoms with Gasteiger partial charge in [-0.25, -0.2) is 9.97 Å². The largest absolute Gasteiger partial charge is 0.381 e. The fourth-order valence-electron chi connectivity index (χ4n) is 2.19. The molecule has 3 heterocycles. The van der Waals surface area contributed by atoms with E-state index in [9.17, 15) is 0 Å². The van der Waals surface area contributed by atoms with Gasteiger partial charge in [-0.2, -0.15) is 0 Å². The molecule has 3 rings (SSSR count). The number of fused-ring (bicyclic) bond motifs is 1. The summed E-state index contributed by atoms with van der Waals surface area (Å²) < 4.78 is 11.0. The third-order valence-corrected chi connectivity index (χ3v) is 4.02. The number of nitrogens with zero attached hydrogens (tertiary/aromatic N) is 2. The third-order valence-electron chi connectivity index (χ3n) is 3.22. The van der Waals surface area contributed by atoms with E-state index in [4.69, 9.17) is 9.47 Å². The van der Waals surface area contributed by atoms with Crippen LogP contribution in [0.1, 0.15) is 12.2 Å². The van der Waals surface area contributed by atoms with Gasteiger partial charge in [-0.05, 0) is 17.9 Å². The van der Waals surface area contributed by atoms with E-state index in [1.54, 1.807) is 11.3 Å². The van der Waals surface area contributed by atoms with E-state index >= 15 is 0 Å². The first-order valence-corrected chi connectivity index (χ1v) is 7.32. The van der Waals surface area contributed by atoms with Crippen LogP contribution in [0.25, 0.3) is 10.2 Å². The zero-order chi connectivity index (χ0) is 13.1. The Balaban J connectivity index is 1.66. The van der Waals surface area contributed by atoms with Crippen LogP contribution in [-0.4, -0.2) is 36.8 Å². The van der Waals surface area contributed by atoms with Crippen LogP contribution < -0.4 is 5.32 Å². The number of thiophene rings is 1. The lowest BCUT2D eigenvalue weighted by molar-refractivity contribution is 0.0755. The van der Waals surface area contributed by atoms with E-state index in [0.29, 0.717) is 12.5 Å². The lowest BCUT2D eigenvalue weighted by atomic mass is 10.1. The molecule has 1 N–H and O–H groups in total. The molecule has 0 aliphatic carbocycles. The van der Waals surface area contributed by atoms with Crippen molar-refractivity contribution < 1.29 is 9.47 Å². The van der Waals surface area contributed by atoms with Crippen LogP contribution in [0.3, 0.4) is 0 Å². The number of anilines is 1. The Labute approximate surface area is 116 Å². The smallest absolute Gasteiger partial charge is 0.158 e. The molecule has 2 aromatic rings. The van der Waals surface area contributed by atoms with Crippen molar-refractivity contribution in [2.75, 3.05) is 32.2 Å². The number of ether oxygens (including phenoxy) is 2. The minimum atomic E-state index is 0.457. The SMILES string of the molecule is CNc1nc(COCC2CCOC2)nc2sccc12. The molecule has 0 bridgehead atoms. The third kappa shape index (κ3) is 2.86. The second-order valence-corrected chi connectivity index (χ2v) is 5.52. The zero-order valence-corrected chi connectivity index (χ0v) is 11.7. The van der Waals surface area contributed by atoms with Crippen LogP contribution >= 0.6 is 11.3 Å². The number of hydrogen-bond acceptors (Lipinski definition) is 6.